The van der Waals surface area contributed by atoms with E-state index in [1.807, 2.05) is 36.9 Å². The highest BCUT2D eigenvalue weighted by Crippen LogP contribution is 2.45. The lowest BCUT2D eigenvalue weighted by Crippen LogP contribution is -2.51. The Labute approximate surface area is 178 Å². The van der Waals surface area contributed by atoms with Crippen LogP contribution in [0.2, 0.25) is 0 Å². The molecule has 0 aliphatic carbocycles. The molecule has 1 saturated heterocycles. The maximum atomic E-state index is 13.1. The summed E-state index contributed by atoms with van der Waals surface area (Å²) in [6.07, 6.45) is 2.74. The van der Waals surface area contributed by atoms with Crippen LogP contribution in [-0.4, -0.2) is 42.7 Å². The lowest BCUT2D eigenvalue weighted by atomic mass is 9.78. The minimum absolute atomic E-state index is 0.0310. The molecule has 2 aromatic carbocycles. The highest BCUT2D eigenvalue weighted by molar-refractivity contribution is 5.95. The summed E-state index contributed by atoms with van der Waals surface area (Å²) in [6, 6.07) is 13.7. The molecule has 0 aromatic heterocycles. The third-order valence-corrected chi connectivity index (χ3v) is 6.19. The Bertz CT molecular complexity index is 915. The highest BCUT2D eigenvalue weighted by Gasteiger charge is 2.42. The number of fused-ring (bicyclic) bond motifs is 1. The molecule has 0 radical (unpaired) electrons. The van der Waals surface area contributed by atoms with Gasteiger partial charge in [-0.2, -0.15) is 0 Å². The van der Waals surface area contributed by atoms with Crippen LogP contribution in [-0.2, 0) is 0 Å². The molecule has 1 unspecified atom stereocenters. The molecule has 1 fully saturated rings. The van der Waals surface area contributed by atoms with E-state index in [0.29, 0.717) is 36.1 Å². The molecule has 5 heteroatoms. The lowest BCUT2D eigenvalue weighted by molar-refractivity contribution is -0.0165. The van der Waals surface area contributed by atoms with Crippen LogP contribution >= 0.6 is 0 Å². The molecule has 2 aromatic rings. The molecule has 1 atom stereocenters. The average molecular weight is 410 g/mol. The third kappa shape index (κ3) is 3.98. The van der Waals surface area contributed by atoms with Crippen LogP contribution in [0, 0.1) is 0 Å². The number of methoxy groups -OCH3 is 1. The maximum absolute atomic E-state index is 13.1. The zero-order valence-electron chi connectivity index (χ0n) is 18.3. The van der Waals surface area contributed by atoms with Gasteiger partial charge >= 0.3 is 0 Å². The summed E-state index contributed by atoms with van der Waals surface area (Å²) in [5, 5.41) is 0. The van der Waals surface area contributed by atoms with E-state index in [9.17, 15) is 4.79 Å². The van der Waals surface area contributed by atoms with Gasteiger partial charge in [-0.05, 0) is 56.0 Å². The van der Waals surface area contributed by atoms with Gasteiger partial charge < -0.3 is 19.1 Å². The standard InChI is InChI=1S/C25H31NO4/c1-17(2)29-22-10-9-19(15-23(22)28-4)24(27)26-13-11-25(12-14-26)16-18(3)20-7-5-6-8-21(20)30-25/h5-10,15,17-18H,11-14,16H2,1-4H3. The smallest absolute Gasteiger partial charge is 0.253 e. The molecule has 160 valence electrons. The first-order valence-corrected chi connectivity index (χ1v) is 10.8. The van der Waals surface area contributed by atoms with Crippen LogP contribution in [0.4, 0.5) is 0 Å². The number of ether oxygens (including phenoxy) is 3. The first-order valence-electron chi connectivity index (χ1n) is 10.8. The van der Waals surface area contributed by atoms with Crippen molar-refractivity contribution < 1.29 is 19.0 Å². The third-order valence-electron chi connectivity index (χ3n) is 6.19. The highest BCUT2D eigenvalue weighted by atomic mass is 16.5. The van der Waals surface area contributed by atoms with E-state index >= 15 is 0 Å². The van der Waals surface area contributed by atoms with Gasteiger partial charge in [0.25, 0.3) is 5.91 Å². The van der Waals surface area contributed by atoms with Crippen LogP contribution in [0.5, 0.6) is 17.2 Å². The molecule has 2 heterocycles. The fourth-order valence-electron chi connectivity index (χ4n) is 4.68. The van der Waals surface area contributed by atoms with Gasteiger partial charge in [0.05, 0.1) is 13.2 Å². The minimum atomic E-state index is -0.169. The van der Waals surface area contributed by atoms with Crippen LogP contribution in [0.15, 0.2) is 42.5 Å². The molecular weight excluding hydrogens is 378 g/mol. The number of carbonyl (C=O) groups excluding carboxylic acids is 1. The van der Waals surface area contributed by atoms with E-state index in [-0.39, 0.29) is 17.6 Å². The van der Waals surface area contributed by atoms with Crippen molar-refractivity contribution in [1.29, 1.82) is 0 Å². The van der Waals surface area contributed by atoms with Crippen molar-refractivity contribution in [2.75, 3.05) is 20.2 Å². The molecule has 2 aliphatic rings. The van der Waals surface area contributed by atoms with Crippen LogP contribution in [0.1, 0.15) is 61.9 Å². The molecule has 1 amide bonds. The van der Waals surface area contributed by atoms with Gasteiger partial charge in [0, 0.05) is 31.5 Å². The number of benzene rings is 2. The van der Waals surface area contributed by atoms with E-state index in [1.165, 1.54) is 5.56 Å². The molecule has 0 bridgehead atoms. The van der Waals surface area contributed by atoms with Crippen molar-refractivity contribution in [3.05, 3.63) is 53.6 Å². The van der Waals surface area contributed by atoms with Gasteiger partial charge in [-0.15, -0.1) is 0 Å². The van der Waals surface area contributed by atoms with Gasteiger partial charge in [-0.1, -0.05) is 25.1 Å². The molecular formula is C25H31NO4. The summed E-state index contributed by atoms with van der Waals surface area (Å²) in [4.78, 5) is 15.1. The summed E-state index contributed by atoms with van der Waals surface area (Å²) in [6.45, 7) is 7.59. The summed E-state index contributed by atoms with van der Waals surface area (Å²) in [5.41, 5.74) is 1.75. The summed E-state index contributed by atoms with van der Waals surface area (Å²) in [5.74, 6) is 2.74. The number of hydrogen-bond acceptors (Lipinski definition) is 4. The van der Waals surface area contributed by atoms with E-state index in [1.54, 1.807) is 13.2 Å². The quantitative estimate of drug-likeness (QED) is 0.710. The van der Waals surface area contributed by atoms with Crippen LogP contribution in [0.3, 0.4) is 0 Å². The molecule has 30 heavy (non-hydrogen) atoms. The van der Waals surface area contributed by atoms with Gasteiger partial charge in [0.1, 0.15) is 11.4 Å². The zero-order chi connectivity index (χ0) is 21.3. The Hall–Kier alpha value is -2.69. The van der Waals surface area contributed by atoms with Crippen LogP contribution < -0.4 is 14.2 Å². The number of amides is 1. The van der Waals surface area contributed by atoms with E-state index in [0.717, 1.165) is 25.0 Å². The van der Waals surface area contributed by atoms with Crippen LogP contribution in [0.25, 0.3) is 0 Å². The SMILES string of the molecule is COc1cc(C(=O)N2CCC3(CC2)CC(C)c2ccccc2O3)ccc1OC(C)C. The van der Waals surface area contributed by atoms with Crippen molar-refractivity contribution in [3.63, 3.8) is 0 Å². The topological polar surface area (TPSA) is 48.0 Å². The van der Waals surface area contributed by atoms with E-state index in [2.05, 4.69) is 25.1 Å². The monoisotopic (exact) mass is 409 g/mol. The Kier molecular flexibility index (Phi) is 5.63. The van der Waals surface area contributed by atoms with Crippen molar-refractivity contribution in [1.82, 2.24) is 4.90 Å². The van der Waals surface area contributed by atoms with Crippen molar-refractivity contribution >= 4 is 5.91 Å². The first kappa shape index (κ1) is 20.6. The number of carbonyl (C=O) groups is 1. The molecule has 0 saturated carbocycles. The normalized spacial score (nSPS) is 19.9. The number of nitrogens with zero attached hydrogens (tertiary/aromatic N) is 1. The zero-order valence-corrected chi connectivity index (χ0v) is 18.3. The largest absolute Gasteiger partial charge is 0.493 e. The number of hydrogen-bond donors (Lipinski definition) is 0. The van der Waals surface area contributed by atoms with Crippen molar-refractivity contribution in [2.45, 2.75) is 57.7 Å². The van der Waals surface area contributed by atoms with Crippen molar-refractivity contribution in [2.24, 2.45) is 0 Å². The van der Waals surface area contributed by atoms with Gasteiger partial charge in [-0.25, -0.2) is 0 Å². The number of para-hydroxylation sites is 1. The second-order valence-electron chi connectivity index (χ2n) is 8.75. The molecule has 2 aliphatic heterocycles. The predicted octanol–water partition coefficient (Wildman–Crippen LogP) is 5.04. The molecule has 4 rings (SSSR count). The number of rotatable bonds is 4. The summed E-state index contributed by atoms with van der Waals surface area (Å²) < 4.78 is 17.7. The summed E-state index contributed by atoms with van der Waals surface area (Å²) in [7, 11) is 1.60. The fourth-order valence-corrected chi connectivity index (χ4v) is 4.68. The van der Waals surface area contributed by atoms with Gasteiger partial charge in [0.15, 0.2) is 11.5 Å². The Balaban J connectivity index is 1.45. The molecule has 5 nitrogen and oxygen atoms in total. The first-order chi connectivity index (χ1) is 14.4. The average Bonchev–Trinajstić information content (AvgIpc) is 2.74. The maximum Gasteiger partial charge on any atom is 0.253 e. The Morgan fingerprint density at radius 1 is 1.13 bits per heavy atom. The predicted molar refractivity (Wildman–Crippen MR) is 117 cm³/mol. The molecule has 0 N–H and O–H groups in total. The second kappa shape index (κ2) is 8.21. The lowest BCUT2D eigenvalue weighted by Gasteiger charge is -2.46. The second-order valence-corrected chi connectivity index (χ2v) is 8.75. The molecule has 1 spiro atoms. The Morgan fingerprint density at radius 2 is 1.87 bits per heavy atom. The summed E-state index contributed by atoms with van der Waals surface area (Å²) >= 11 is 0. The number of piperidine rings is 1. The van der Waals surface area contributed by atoms with E-state index < -0.39 is 0 Å². The fraction of sp³-hybridized carbons (Fsp3) is 0.480. The van der Waals surface area contributed by atoms with E-state index in [4.69, 9.17) is 14.2 Å². The van der Waals surface area contributed by atoms with Crippen molar-refractivity contribution in [3.8, 4) is 17.2 Å². The van der Waals surface area contributed by atoms with Gasteiger partial charge in [-0.3, -0.25) is 4.79 Å². The number of likely N-dealkylation sites (tertiary alicyclic amines) is 1. The van der Waals surface area contributed by atoms with Gasteiger partial charge in [0.2, 0.25) is 0 Å². The Morgan fingerprint density at radius 3 is 2.57 bits per heavy atom. The minimum Gasteiger partial charge on any atom is -0.493 e.